The standard InChI is InChI=1S/C60H107O11P/c1-4-7-10-13-16-19-22-25-27-28-30-33-36-39-42-45-48-51-60(64)71-57(53-67-58(62)49-46-43-40-37-34-32-29-26-23-20-17-14-11-8-5-2)55-69-72(65,66)68-54-56(52-61)70-59(63)50-47-44-41-38-35-31-24-21-18-15-12-9-6-3/h8,11,16-17,19-20,25-27,29,56-57,61H,4-7,9-10,12-15,18,21-24,28,30-55H2,1-3H3,(H,65,66)/b11-8-,19-16-,20-17-,27-25-,29-26-. The van der Waals surface area contributed by atoms with E-state index in [2.05, 4.69) is 81.5 Å². The van der Waals surface area contributed by atoms with Gasteiger partial charge in [-0.25, -0.2) is 4.57 Å². The number of carbonyl (C=O) groups excluding carboxylic acids is 3. The summed E-state index contributed by atoms with van der Waals surface area (Å²) < 4.78 is 39.5. The molecule has 12 heteroatoms. The third-order valence-electron chi connectivity index (χ3n) is 12.4. The van der Waals surface area contributed by atoms with Crippen LogP contribution in [0.5, 0.6) is 0 Å². The van der Waals surface area contributed by atoms with E-state index in [9.17, 15) is 28.9 Å². The Morgan fingerprint density at radius 2 is 0.722 bits per heavy atom. The van der Waals surface area contributed by atoms with Gasteiger partial charge in [-0.2, -0.15) is 0 Å². The maximum Gasteiger partial charge on any atom is 0.472 e. The first kappa shape index (κ1) is 69.2. The first-order valence-electron chi connectivity index (χ1n) is 29.2. The summed E-state index contributed by atoms with van der Waals surface area (Å²) in [7, 11) is -4.75. The van der Waals surface area contributed by atoms with Gasteiger partial charge in [0.25, 0.3) is 0 Å². The molecule has 0 spiro atoms. The molecular weight excluding hydrogens is 928 g/mol. The van der Waals surface area contributed by atoms with Crippen molar-refractivity contribution < 1.29 is 52.2 Å². The van der Waals surface area contributed by atoms with Crippen molar-refractivity contribution in [2.24, 2.45) is 0 Å². The molecule has 0 fully saturated rings. The Balaban J connectivity index is 4.75. The van der Waals surface area contributed by atoms with Crippen LogP contribution < -0.4 is 0 Å². The average molecular weight is 1040 g/mol. The Kier molecular flexibility index (Phi) is 52.3. The van der Waals surface area contributed by atoms with Crippen molar-refractivity contribution in [3.8, 4) is 0 Å². The van der Waals surface area contributed by atoms with Crippen molar-refractivity contribution in [3.63, 3.8) is 0 Å². The van der Waals surface area contributed by atoms with E-state index in [1.807, 2.05) is 0 Å². The summed E-state index contributed by atoms with van der Waals surface area (Å²) in [4.78, 5) is 48.5. The van der Waals surface area contributed by atoms with E-state index in [1.54, 1.807) is 0 Å². The lowest BCUT2D eigenvalue weighted by atomic mass is 10.0. The fourth-order valence-corrected chi connectivity index (χ4v) is 8.77. The van der Waals surface area contributed by atoms with Gasteiger partial charge in [-0.15, -0.1) is 0 Å². The molecule has 0 saturated carbocycles. The molecule has 0 heterocycles. The average Bonchev–Trinajstić information content (AvgIpc) is 3.37. The Hall–Kier alpha value is -2.82. The first-order valence-corrected chi connectivity index (χ1v) is 30.7. The predicted octanol–water partition coefficient (Wildman–Crippen LogP) is 17.1. The number of unbranched alkanes of at least 4 members (excludes halogenated alkanes) is 27. The third-order valence-corrected chi connectivity index (χ3v) is 13.4. The molecular formula is C60H107O11P. The number of hydrogen-bond donors (Lipinski definition) is 2. The molecule has 3 atom stereocenters. The van der Waals surface area contributed by atoms with Crippen LogP contribution in [0, 0.1) is 0 Å². The Bertz CT molecular complexity index is 1440. The zero-order valence-electron chi connectivity index (χ0n) is 46.1. The van der Waals surface area contributed by atoms with Gasteiger partial charge in [-0.3, -0.25) is 23.4 Å². The minimum absolute atomic E-state index is 0.155. The molecule has 0 radical (unpaired) electrons. The van der Waals surface area contributed by atoms with E-state index in [1.165, 1.54) is 96.3 Å². The monoisotopic (exact) mass is 1030 g/mol. The molecule has 0 bridgehead atoms. The van der Waals surface area contributed by atoms with Crippen molar-refractivity contribution in [2.45, 2.75) is 277 Å². The zero-order valence-corrected chi connectivity index (χ0v) is 47.0. The van der Waals surface area contributed by atoms with Crippen LogP contribution in [0.4, 0.5) is 0 Å². The second-order valence-corrected chi connectivity index (χ2v) is 20.9. The van der Waals surface area contributed by atoms with Crippen LogP contribution >= 0.6 is 7.82 Å². The van der Waals surface area contributed by atoms with Crippen molar-refractivity contribution in [1.29, 1.82) is 0 Å². The van der Waals surface area contributed by atoms with Crippen molar-refractivity contribution in [1.82, 2.24) is 0 Å². The summed E-state index contributed by atoms with van der Waals surface area (Å²) >= 11 is 0. The molecule has 0 rings (SSSR count). The first-order chi connectivity index (χ1) is 35.2. The van der Waals surface area contributed by atoms with Crippen molar-refractivity contribution in [3.05, 3.63) is 60.8 Å². The summed E-state index contributed by atoms with van der Waals surface area (Å²) in [5.74, 6) is -1.48. The van der Waals surface area contributed by atoms with E-state index >= 15 is 0 Å². The fourth-order valence-electron chi connectivity index (χ4n) is 7.99. The minimum atomic E-state index is -4.75. The zero-order chi connectivity index (χ0) is 52.7. The molecule has 11 nitrogen and oxygen atoms in total. The Morgan fingerprint density at radius 3 is 1.14 bits per heavy atom. The number of esters is 3. The van der Waals surface area contributed by atoms with Crippen LogP contribution in [0.25, 0.3) is 0 Å². The molecule has 0 aliphatic rings. The molecule has 0 aliphatic heterocycles. The highest BCUT2D eigenvalue weighted by molar-refractivity contribution is 7.47. The highest BCUT2D eigenvalue weighted by Gasteiger charge is 2.28. The second-order valence-electron chi connectivity index (χ2n) is 19.4. The molecule has 0 amide bonds. The van der Waals surface area contributed by atoms with Crippen LogP contribution in [-0.2, 0) is 42.2 Å². The smallest absolute Gasteiger partial charge is 0.462 e. The molecule has 0 aliphatic carbocycles. The van der Waals surface area contributed by atoms with Gasteiger partial charge in [0.15, 0.2) is 6.10 Å². The molecule has 0 aromatic carbocycles. The number of allylic oxidation sites excluding steroid dienone is 10. The number of ether oxygens (including phenoxy) is 3. The van der Waals surface area contributed by atoms with Crippen molar-refractivity contribution in [2.75, 3.05) is 26.4 Å². The van der Waals surface area contributed by atoms with Crippen LogP contribution in [0.2, 0.25) is 0 Å². The van der Waals surface area contributed by atoms with Crippen molar-refractivity contribution >= 4 is 25.7 Å². The maximum absolute atomic E-state index is 12.9. The molecule has 72 heavy (non-hydrogen) atoms. The van der Waals surface area contributed by atoms with E-state index in [0.29, 0.717) is 19.3 Å². The maximum atomic E-state index is 12.9. The highest BCUT2D eigenvalue weighted by Crippen LogP contribution is 2.43. The van der Waals surface area contributed by atoms with E-state index in [0.717, 1.165) is 109 Å². The van der Waals surface area contributed by atoms with Gasteiger partial charge in [0.2, 0.25) is 0 Å². The highest BCUT2D eigenvalue weighted by atomic mass is 31.2. The largest absolute Gasteiger partial charge is 0.472 e. The fraction of sp³-hybridized carbons (Fsp3) is 0.783. The van der Waals surface area contributed by atoms with E-state index in [4.69, 9.17) is 23.3 Å². The van der Waals surface area contributed by atoms with Gasteiger partial charge >= 0.3 is 25.7 Å². The lowest BCUT2D eigenvalue weighted by Crippen LogP contribution is -2.30. The third kappa shape index (κ3) is 52.1. The van der Waals surface area contributed by atoms with E-state index in [-0.39, 0.29) is 25.9 Å². The normalized spacial score (nSPS) is 13.8. The summed E-state index contributed by atoms with van der Waals surface area (Å²) in [6.07, 6.45) is 58.8. The number of rotatable bonds is 54. The number of hydrogen-bond acceptors (Lipinski definition) is 10. The summed E-state index contributed by atoms with van der Waals surface area (Å²) in [5.41, 5.74) is 0. The van der Waals surface area contributed by atoms with Crippen LogP contribution in [0.1, 0.15) is 265 Å². The van der Waals surface area contributed by atoms with E-state index < -0.39 is 57.8 Å². The van der Waals surface area contributed by atoms with Gasteiger partial charge in [-0.05, 0) is 83.5 Å². The number of carbonyl (C=O) groups is 3. The second kappa shape index (κ2) is 54.4. The SMILES string of the molecule is CC/C=C\C/C=C\C/C=C\CCCCCCCC(=O)OCC(COP(=O)(O)OCC(CO)OC(=O)CCCCCCCCCCCCCCC)OC(=O)CCCCCCCCC/C=C\C/C=C\CCCCC. The Morgan fingerprint density at radius 1 is 0.403 bits per heavy atom. The Labute approximate surface area is 440 Å². The lowest BCUT2D eigenvalue weighted by molar-refractivity contribution is -0.161. The molecule has 0 aromatic heterocycles. The van der Waals surface area contributed by atoms with Gasteiger partial charge in [0, 0.05) is 19.3 Å². The van der Waals surface area contributed by atoms with Gasteiger partial charge in [-0.1, -0.05) is 223 Å². The van der Waals surface area contributed by atoms with Crippen LogP contribution in [0.15, 0.2) is 60.8 Å². The topological polar surface area (TPSA) is 155 Å². The summed E-state index contributed by atoms with van der Waals surface area (Å²) in [6.45, 7) is 4.50. The summed E-state index contributed by atoms with van der Waals surface area (Å²) in [6, 6.07) is 0. The lowest BCUT2D eigenvalue weighted by Gasteiger charge is -2.21. The van der Waals surface area contributed by atoms with Gasteiger partial charge in [0.05, 0.1) is 19.8 Å². The predicted molar refractivity (Wildman–Crippen MR) is 298 cm³/mol. The van der Waals surface area contributed by atoms with Gasteiger partial charge < -0.3 is 24.2 Å². The van der Waals surface area contributed by atoms with Crippen LogP contribution in [0.3, 0.4) is 0 Å². The number of aliphatic hydroxyl groups is 1. The molecule has 0 aromatic rings. The number of phosphoric acid groups is 1. The summed E-state index contributed by atoms with van der Waals surface area (Å²) in [5, 5.41) is 9.81. The quantitative estimate of drug-likeness (QED) is 0.0197. The molecule has 0 saturated heterocycles. The molecule has 418 valence electrons. The minimum Gasteiger partial charge on any atom is -0.462 e. The number of aliphatic hydroxyl groups excluding tert-OH is 1. The van der Waals surface area contributed by atoms with Crippen LogP contribution in [-0.4, -0.2) is 66.5 Å². The van der Waals surface area contributed by atoms with Gasteiger partial charge in [0.1, 0.15) is 12.7 Å². The molecule has 3 unspecified atom stereocenters. The number of phosphoric ester groups is 1. The molecule has 2 N–H and O–H groups in total.